The van der Waals surface area contributed by atoms with E-state index in [2.05, 4.69) is 19.2 Å². The van der Waals surface area contributed by atoms with E-state index in [1.54, 1.807) is 16.8 Å². The molecule has 0 fully saturated rings. The smallest absolute Gasteiger partial charge is 0.276 e. The van der Waals surface area contributed by atoms with Crippen molar-refractivity contribution in [3.63, 3.8) is 0 Å². The average Bonchev–Trinajstić information content (AvgIpc) is 2.86. The minimum atomic E-state index is -0.464. The van der Waals surface area contributed by atoms with Gasteiger partial charge in [-0.3, -0.25) is 15.1 Å². The van der Waals surface area contributed by atoms with Gasteiger partial charge in [0.1, 0.15) is 11.4 Å². The first-order chi connectivity index (χ1) is 16.7. The largest absolute Gasteiger partial charge is 0.493 e. The molecule has 0 spiro atoms. The number of nitrogens with zero attached hydrogens (tertiary/aromatic N) is 3. The van der Waals surface area contributed by atoms with Crippen molar-refractivity contribution in [2.45, 2.75) is 65.0 Å². The summed E-state index contributed by atoms with van der Waals surface area (Å²) in [5.41, 5.74) is 1.45. The average molecular weight is 479 g/mol. The van der Waals surface area contributed by atoms with Crippen molar-refractivity contribution in [3.8, 4) is 5.75 Å². The number of carbonyl (C=O) groups excluding carboxylic acids is 1. The van der Waals surface area contributed by atoms with Crippen LogP contribution in [0.15, 0.2) is 58.6 Å². The van der Waals surface area contributed by atoms with Crippen molar-refractivity contribution in [2.24, 2.45) is 10.1 Å². The number of rotatable bonds is 11. The van der Waals surface area contributed by atoms with Gasteiger partial charge >= 0.3 is 0 Å². The Hall–Kier alpha value is -2.80. The molecule has 0 saturated heterocycles. The van der Waals surface area contributed by atoms with Crippen molar-refractivity contribution in [3.05, 3.63) is 64.7 Å². The number of hydrogen-bond acceptors (Lipinski definition) is 6. The van der Waals surface area contributed by atoms with E-state index in [-0.39, 0.29) is 5.91 Å². The van der Waals surface area contributed by atoms with Crippen LogP contribution in [-0.2, 0) is 4.79 Å². The van der Waals surface area contributed by atoms with Crippen LogP contribution in [0.5, 0.6) is 5.75 Å². The Kier molecular flexibility index (Phi) is 8.63. The van der Waals surface area contributed by atoms with Crippen LogP contribution in [0.4, 0.5) is 0 Å². The van der Waals surface area contributed by atoms with Gasteiger partial charge in [-0.25, -0.2) is 5.01 Å². The first kappa shape index (κ1) is 24.3. The second-order valence-electron chi connectivity index (χ2n) is 8.57. The summed E-state index contributed by atoms with van der Waals surface area (Å²) in [6.07, 6.45) is 7.57. The molecular weight excluding hydrogens is 444 g/mol. The Balaban J connectivity index is 1.67. The Bertz CT molecular complexity index is 1150. The molecule has 0 aliphatic carbocycles. The molecule has 1 N–H and O–H groups in total. The molecule has 2 aliphatic heterocycles. The number of para-hydroxylation sites is 2. The zero-order valence-electron chi connectivity index (χ0n) is 20.1. The number of hydrazone groups is 1. The normalized spacial score (nSPS) is 16.8. The molecular formula is C27H34N4O2S. The van der Waals surface area contributed by atoms with E-state index in [0.29, 0.717) is 17.5 Å². The number of amides is 1. The molecule has 0 saturated carbocycles. The lowest BCUT2D eigenvalue weighted by atomic mass is 10.1. The van der Waals surface area contributed by atoms with Gasteiger partial charge in [0.05, 0.1) is 12.0 Å². The summed E-state index contributed by atoms with van der Waals surface area (Å²) in [6, 6.07) is 15.7. The lowest BCUT2D eigenvalue weighted by molar-refractivity contribution is -0.116. The van der Waals surface area contributed by atoms with Crippen LogP contribution < -0.4 is 20.6 Å². The topological polar surface area (TPSA) is 66.3 Å². The molecule has 6 nitrogen and oxygen atoms in total. The number of carbonyl (C=O) groups is 1. The fraction of sp³-hybridized carbons (Fsp3) is 0.444. The van der Waals surface area contributed by atoms with E-state index in [0.717, 1.165) is 53.3 Å². The molecule has 1 amide bonds. The molecule has 7 heteroatoms. The van der Waals surface area contributed by atoms with Crippen LogP contribution in [0.3, 0.4) is 0 Å². The summed E-state index contributed by atoms with van der Waals surface area (Å²) in [4.78, 5) is 18.3. The van der Waals surface area contributed by atoms with Gasteiger partial charge in [0.25, 0.3) is 5.91 Å². The minimum Gasteiger partial charge on any atom is -0.493 e. The number of hydrogen-bond donors (Lipinski definition) is 1. The van der Waals surface area contributed by atoms with Gasteiger partial charge < -0.3 is 4.74 Å². The molecule has 4 rings (SSSR count). The predicted molar refractivity (Wildman–Crippen MR) is 139 cm³/mol. The summed E-state index contributed by atoms with van der Waals surface area (Å²) in [5, 5.41) is 11.9. The van der Waals surface area contributed by atoms with Gasteiger partial charge in [-0.15, -0.1) is 5.10 Å². The van der Waals surface area contributed by atoms with Crippen LogP contribution >= 0.6 is 11.8 Å². The number of unbranched alkanes of at least 4 members (excludes halogenated alkanes) is 5. The van der Waals surface area contributed by atoms with Crippen molar-refractivity contribution in [1.82, 2.24) is 10.3 Å². The maximum absolute atomic E-state index is 13.3. The molecule has 2 heterocycles. The highest BCUT2D eigenvalue weighted by Gasteiger charge is 2.35. The Morgan fingerprint density at radius 3 is 2.59 bits per heavy atom. The van der Waals surface area contributed by atoms with Crippen LogP contribution in [0, 0.1) is 0 Å². The maximum atomic E-state index is 13.3. The van der Waals surface area contributed by atoms with E-state index in [9.17, 15) is 4.79 Å². The molecule has 0 unspecified atom stereocenters. The highest BCUT2D eigenvalue weighted by molar-refractivity contribution is 8.13. The van der Waals surface area contributed by atoms with Crippen LogP contribution in [0.1, 0.15) is 70.5 Å². The van der Waals surface area contributed by atoms with Crippen molar-refractivity contribution >= 4 is 28.5 Å². The van der Waals surface area contributed by atoms with Crippen LogP contribution in [0.2, 0.25) is 0 Å². The summed E-state index contributed by atoms with van der Waals surface area (Å²) < 4.78 is 6.17. The van der Waals surface area contributed by atoms with Crippen molar-refractivity contribution < 1.29 is 9.53 Å². The van der Waals surface area contributed by atoms with Gasteiger partial charge in [0.2, 0.25) is 0 Å². The molecule has 180 valence electrons. The molecule has 0 bridgehead atoms. The third kappa shape index (κ3) is 5.63. The first-order valence-electron chi connectivity index (χ1n) is 12.4. The molecule has 34 heavy (non-hydrogen) atoms. The fourth-order valence-corrected chi connectivity index (χ4v) is 5.00. The van der Waals surface area contributed by atoms with Crippen molar-refractivity contribution in [2.75, 3.05) is 12.4 Å². The predicted octanol–water partition coefficient (Wildman–Crippen LogP) is 4.71. The van der Waals surface area contributed by atoms with Gasteiger partial charge in [-0.05, 0) is 25.0 Å². The minimum absolute atomic E-state index is 0.139. The van der Waals surface area contributed by atoms with E-state index in [1.807, 2.05) is 48.5 Å². The first-order valence-corrected chi connectivity index (χ1v) is 13.4. The molecule has 2 aromatic carbocycles. The summed E-state index contributed by atoms with van der Waals surface area (Å²) in [7, 11) is 0. The van der Waals surface area contributed by atoms with Gasteiger partial charge in [0, 0.05) is 16.5 Å². The number of fused-ring (bicyclic) bond motifs is 2. The highest BCUT2D eigenvalue weighted by atomic mass is 32.2. The van der Waals surface area contributed by atoms with Gasteiger partial charge in [-0.1, -0.05) is 94.1 Å². The molecule has 2 aromatic rings. The zero-order chi connectivity index (χ0) is 23.8. The second kappa shape index (κ2) is 12.1. The number of amidine groups is 1. The van der Waals surface area contributed by atoms with Crippen LogP contribution in [-0.4, -0.2) is 28.4 Å². The maximum Gasteiger partial charge on any atom is 0.276 e. The van der Waals surface area contributed by atoms with Crippen molar-refractivity contribution in [1.29, 1.82) is 0 Å². The number of thioether (sulfide) groups is 1. The SMILES string of the molecule is CCCCCCSC1=NN2C(=c3ccccc3=N[C@H]2c2ccccc2OCCCCC)C(=O)N1. The lowest BCUT2D eigenvalue weighted by Crippen LogP contribution is -2.50. The quantitative estimate of drug-likeness (QED) is 0.475. The number of ether oxygens (including phenoxy) is 1. The van der Waals surface area contributed by atoms with E-state index >= 15 is 0 Å². The van der Waals surface area contributed by atoms with Gasteiger partial charge in [0.15, 0.2) is 11.3 Å². The highest BCUT2D eigenvalue weighted by Crippen LogP contribution is 2.35. The number of nitrogens with one attached hydrogen (secondary N) is 1. The number of benzene rings is 2. The third-order valence-electron chi connectivity index (χ3n) is 5.95. The second-order valence-corrected chi connectivity index (χ2v) is 9.66. The Morgan fingerprint density at radius 1 is 0.971 bits per heavy atom. The summed E-state index contributed by atoms with van der Waals surface area (Å²) in [5.74, 6) is 1.58. The van der Waals surface area contributed by atoms with E-state index in [1.165, 1.54) is 19.3 Å². The molecule has 0 aromatic heterocycles. The monoisotopic (exact) mass is 478 g/mol. The molecule has 2 aliphatic rings. The zero-order valence-corrected chi connectivity index (χ0v) is 20.9. The Morgan fingerprint density at radius 2 is 1.74 bits per heavy atom. The molecule has 0 radical (unpaired) electrons. The Labute approximate surface area is 206 Å². The van der Waals surface area contributed by atoms with Crippen LogP contribution in [0.25, 0.3) is 5.70 Å². The van der Waals surface area contributed by atoms with E-state index in [4.69, 9.17) is 14.8 Å². The third-order valence-corrected chi connectivity index (χ3v) is 6.90. The summed E-state index contributed by atoms with van der Waals surface area (Å²) >= 11 is 1.60. The standard InChI is InChI=1S/C27H34N4O2S/c1-3-5-7-13-19-34-27-29-26(32)24-20-14-8-10-16-22(20)28-25(31(24)30-27)21-15-9-11-17-23(21)33-18-12-6-4-2/h8-11,14-17,25H,3-7,12-13,18-19H2,1-2H3,(H,29,30,32)/t25-/m1/s1. The fourth-order valence-electron chi connectivity index (χ4n) is 4.15. The summed E-state index contributed by atoms with van der Waals surface area (Å²) in [6.45, 7) is 5.05. The lowest BCUT2D eigenvalue weighted by Gasteiger charge is -2.34. The van der Waals surface area contributed by atoms with Gasteiger partial charge in [-0.2, -0.15) is 0 Å². The molecule has 1 atom stereocenters. The van der Waals surface area contributed by atoms with E-state index < -0.39 is 6.17 Å².